The van der Waals surface area contributed by atoms with Gasteiger partial charge >= 0.3 is 0 Å². The van der Waals surface area contributed by atoms with Crippen molar-refractivity contribution in [2.45, 2.75) is 6.54 Å². The van der Waals surface area contributed by atoms with E-state index in [1.54, 1.807) is 12.3 Å². The molecule has 1 fully saturated rings. The Hall–Kier alpha value is -2.94. The van der Waals surface area contributed by atoms with E-state index in [9.17, 15) is 14.9 Å². The molecule has 0 bridgehead atoms. The fourth-order valence-corrected chi connectivity index (χ4v) is 3.13. The Labute approximate surface area is 151 Å². The molecule has 1 N–H and O–H groups in total. The smallest absolute Gasteiger partial charge is 0.270 e. The number of anilines is 1. The van der Waals surface area contributed by atoms with Crippen LogP contribution in [-0.2, 0) is 13.6 Å². The second-order valence-corrected chi connectivity index (χ2v) is 6.26. The first kappa shape index (κ1) is 17.9. The third kappa shape index (κ3) is 3.67. The van der Waals surface area contributed by atoms with Crippen molar-refractivity contribution in [3.05, 3.63) is 52.1 Å². The standard InChI is InChI=1S/C17H22N6O3/c1-18-17(24)14-11-13(23(25)26)3-4-15(14)22-9-7-21(8-10-22)12-16-19-5-6-20(16)2/h3-6,11H,7-10,12H2,1-2H3,(H,18,24). The molecule has 2 heterocycles. The summed E-state index contributed by atoms with van der Waals surface area (Å²) in [6.07, 6.45) is 3.72. The Morgan fingerprint density at radius 2 is 2.04 bits per heavy atom. The number of aryl methyl sites for hydroxylation is 1. The van der Waals surface area contributed by atoms with E-state index >= 15 is 0 Å². The lowest BCUT2D eigenvalue weighted by molar-refractivity contribution is -0.384. The lowest BCUT2D eigenvalue weighted by Crippen LogP contribution is -2.46. The van der Waals surface area contributed by atoms with Crippen LogP contribution in [0.2, 0.25) is 0 Å². The monoisotopic (exact) mass is 358 g/mol. The molecular weight excluding hydrogens is 336 g/mol. The molecule has 1 aliphatic rings. The maximum atomic E-state index is 12.2. The zero-order valence-electron chi connectivity index (χ0n) is 14.9. The van der Waals surface area contributed by atoms with Gasteiger partial charge in [0.2, 0.25) is 0 Å². The molecule has 0 spiro atoms. The van der Waals surface area contributed by atoms with Crippen molar-refractivity contribution < 1.29 is 9.72 Å². The fraction of sp³-hybridized carbons (Fsp3) is 0.412. The van der Waals surface area contributed by atoms with Gasteiger partial charge < -0.3 is 14.8 Å². The van der Waals surface area contributed by atoms with Gasteiger partial charge in [-0.25, -0.2) is 4.98 Å². The molecule has 1 aromatic carbocycles. The van der Waals surface area contributed by atoms with Crippen LogP contribution in [0.3, 0.4) is 0 Å². The first-order valence-corrected chi connectivity index (χ1v) is 8.43. The summed E-state index contributed by atoms with van der Waals surface area (Å²) in [6.45, 7) is 3.92. The summed E-state index contributed by atoms with van der Waals surface area (Å²) in [7, 11) is 3.50. The van der Waals surface area contributed by atoms with E-state index in [1.807, 2.05) is 17.8 Å². The number of piperazine rings is 1. The van der Waals surface area contributed by atoms with Crippen LogP contribution >= 0.6 is 0 Å². The number of hydrogen-bond donors (Lipinski definition) is 1. The number of aromatic nitrogens is 2. The summed E-state index contributed by atoms with van der Waals surface area (Å²) in [5, 5.41) is 13.6. The Morgan fingerprint density at radius 1 is 1.31 bits per heavy atom. The maximum Gasteiger partial charge on any atom is 0.270 e. The van der Waals surface area contributed by atoms with Crippen molar-refractivity contribution in [1.29, 1.82) is 0 Å². The lowest BCUT2D eigenvalue weighted by atomic mass is 10.1. The summed E-state index contributed by atoms with van der Waals surface area (Å²) in [5.41, 5.74) is 0.978. The molecule has 0 unspecified atom stereocenters. The largest absolute Gasteiger partial charge is 0.368 e. The number of nitro benzene ring substituents is 1. The second kappa shape index (κ2) is 7.52. The highest BCUT2D eigenvalue weighted by atomic mass is 16.6. The van der Waals surface area contributed by atoms with Crippen molar-refractivity contribution in [1.82, 2.24) is 19.8 Å². The van der Waals surface area contributed by atoms with Crippen molar-refractivity contribution in [3.8, 4) is 0 Å². The quantitative estimate of drug-likeness (QED) is 0.633. The first-order valence-electron chi connectivity index (χ1n) is 8.43. The minimum Gasteiger partial charge on any atom is -0.368 e. The maximum absolute atomic E-state index is 12.2. The molecular formula is C17H22N6O3. The molecule has 1 aromatic heterocycles. The van der Waals surface area contributed by atoms with E-state index in [-0.39, 0.29) is 11.6 Å². The van der Waals surface area contributed by atoms with Crippen LogP contribution in [-0.4, -0.2) is 58.5 Å². The molecule has 0 atom stereocenters. The van der Waals surface area contributed by atoms with Gasteiger partial charge in [0.25, 0.3) is 11.6 Å². The first-order chi connectivity index (χ1) is 12.5. The Morgan fingerprint density at radius 3 is 2.62 bits per heavy atom. The molecule has 9 heteroatoms. The van der Waals surface area contributed by atoms with Gasteiger partial charge in [-0.15, -0.1) is 0 Å². The molecule has 1 amide bonds. The number of benzene rings is 1. The third-order valence-corrected chi connectivity index (χ3v) is 4.66. The summed E-state index contributed by atoms with van der Waals surface area (Å²) < 4.78 is 2.01. The zero-order chi connectivity index (χ0) is 18.7. The summed E-state index contributed by atoms with van der Waals surface area (Å²) in [5.74, 6) is 0.693. The van der Waals surface area contributed by atoms with Crippen LogP contribution in [0.4, 0.5) is 11.4 Å². The molecule has 0 aliphatic carbocycles. The molecule has 26 heavy (non-hydrogen) atoms. The molecule has 9 nitrogen and oxygen atoms in total. The predicted octanol–water partition coefficient (Wildman–Crippen LogP) is 1.01. The predicted molar refractivity (Wildman–Crippen MR) is 97.2 cm³/mol. The molecule has 2 aromatic rings. The Balaban J connectivity index is 1.73. The topological polar surface area (TPSA) is 96.5 Å². The highest BCUT2D eigenvalue weighted by Gasteiger charge is 2.24. The Bertz CT molecular complexity index is 811. The van der Waals surface area contributed by atoms with Gasteiger partial charge in [-0.3, -0.25) is 19.8 Å². The number of rotatable bonds is 5. The molecule has 0 radical (unpaired) electrons. The normalized spacial score (nSPS) is 15.1. The van der Waals surface area contributed by atoms with E-state index in [1.165, 1.54) is 19.2 Å². The van der Waals surface area contributed by atoms with E-state index in [0.29, 0.717) is 5.56 Å². The highest BCUT2D eigenvalue weighted by molar-refractivity contribution is 6.00. The van der Waals surface area contributed by atoms with Gasteiger partial charge in [-0.2, -0.15) is 0 Å². The highest BCUT2D eigenvalue weighted by Crippen LogP contribution is 2.26. The number of imidazole rings is 1. The van der Waals surface area contributed by atoms with E-state index in [2.05, 4.69) is 20.1 Å². The fourth-order valence-electron chi connectivity index (χ4n) is 3.13. The number of nitrogens with zero attached hydrogens (tertiary/aromatic N) is 5. The molecule has 1 saturated heterocycles. The third-order valence-electron chi connectivity index (χ3n) is 4.66. The molecule has 138 valence electrons. The summed E-state index contributed by atoms with van der Waals surface area (Å²) in [4.78, 5) is 31.5. The number of amides is 1. The molecule has 0 saturated carbocycles. The minimum absolute atomic E-state index is 0.0826. The van der Waals surface area contributed by atoms with Gasteiger partial charge in [0.15, 0.2) is 0 Å². The number of non-ortho nitro benzene ring substituents is 1. The number of nitrogens with one attached hydrogen (secondary N) is 1. The van der Waals surface area contributed by atoms with E-state index in [4.69, 9.17) is 0 Å². The summed E-state index contributed by atoms with van der Waals surface area (Å²) >= 11 is 0. The summed E-state index contributed by atoms with van der Waals surface area (Å²) in [6, 6.07) is 4.45. The van der Waals surface area contributed by atoms with Gasteiger partial charge in [-0.05, 0) is 6.07 Å². The van der Waals surface area contributed by atoms with Crippen molar-refractivity contribution in [2.24, 2.45) is 7.05 Å². The van der Waals surface area contributed by atoms with Crippen LogP contribution < -0.4 is 10.2 Å². The number of carbonyl (C=O) groups is 1. The van der Waals surface area contributed by atoms with Crippen LogP contribution in [0.5, 0.6) is 0 Å². The SMILES string of the molecule is CNC(=O)c1cc([N+](=O)[O-])ccc1N1CCN(Cc2nccn2C)CC1. The van der Waals surface area contributed by atoms with Crippen LogP contribution in [0, 0.1) is 10.1 Å². The van der Waals surface area contributed by atoms with Crippen LogP contribution in [0.15, 0.2) is 30.6 Å². The zero-order valence-corrected chi connectivity index (χ0v) is 14.9. The lowest BCUT2D eigenvalue weighted by Gasteiger charge is -2.36. The second-order valence-electron chi connectivity index (χ2n) is 6.26. The van der Waals surface area contributed by atoms with E-state index in [0.717, 1.165) is 44.2 Å². The Kier molecular flexibility index (Phi) is 5.17. The number of nitro groups is 1. The number of carbonyl (C=O) groups excluding carboxylic acids is 1. The van der Waals surface area contributed by atoms with E-state index < -0.39 is 4.92 Å². The number of hydrogen-bond acceptors (Lipinski definition) is 6. The van der Waals surface area contributed by atoms with Gasteiger partial charge in [0.1, 0.15) is 5.82 Å². The average molecular weight is 358 g/mol. The van der Waals surface area contributed by atoms with Gasteiger partial charge in [-0.1, -0.05) is 0 Å². The van der Waals surface area contributed by atoms with Crippen LogP contribution in [0.1, 0.15) is 16.2 Å². The van der Waals surface area contributed by atoms with Crippen molar-refractivity contribution in [3.63, 3.8) is 0 Å². The molecule has 1 aliphatic heterocycles. The van der Waals surface area contributed by atoms with Crippen LogP contribution in [0.25, 0.3) is 0 Å². The van der Waals surface area contributed by atoms with Crippen molar-refractivity contribution in [2.75, 3.05) is 38.1 Å². The van der Waals surface area contributed by atoms with Gasteiger partial charge in [0, 0.05) is 64.8 Å². The average Bonchev–Trinajstić information content (AvgIpc) is 3.06. The molecule has 3 rings (SSSR count). The van der Waals surface area contributed by atoms with Crippen molar-refractivity contribution >= 4 is 17.3 Å². The van der Waals surface area contributed by atoms with Gasteiger partial charge in [0.05, 0.1) is 22.7 Å². The minimum atomic E-state index is -0.485.